The van der Waals surface area contributed by atoms with Gasteiger partial charge in [-0.25, -0.2) is 0 Å². The minimum Gasteiger partial charge on any atom is -0.495 e. The molecule has 1 aromatic carbocycles. The largest absolute Gasteiger partial charge is 0.495 e. The van der Waals surface area contributed by atoms with Crippen LogP contribution in [0.4, 0.5) is 5.69 Å². The van der Waals surface area contributed by atoms with Gasteiger partial charge in [0.1, 0.15) is 5.75 Å². The predicted molar refractivity (Wildman–Crippen MR) is 74.5 cm³/mol. The molecule has 0 atom stereocenters. The lowest BCUT2D eigenvalue weighted by Crippen LogP contribution is -2.15. The highest BCUT2D eigenvalue weighted by Gasteiger charge is 2.12. The third-order valence-corrected chi connectivity index (χ3v) is 2.73. The van der Waals surface area contributed by atoms with Crippen molar-refractivity contribution in [2.75, 3.05) is 19.5 Å². The van der Waals surface area contributed by atoms with Crippen LogP contribution >= 0.6 is 11.6 Å². The van der Waals surface area contributed by atoms with E-state index in [1.165, 1.54) is 20.3 Å². The summed E-state index contributed by atoms with van der Waals surface area (Å²) in [5.74, 6) is 0.423. The lowest BCUT2D eigenvalue weighted by Gasteiger charge is -2.10. The Morgan fingerprint density at radius 2 is 1.95 bits per heavy atom. The lowest BCUT2D eigenvalue weighted by atomic mass is 10.2. The summed E-state index contributed by atoms with van der Waals surface area (Å²) >= 11 is 5.89. The van der Waals surface area contributed by atoms with Gasteiger partial charge in [-0.3, -0.25) is 4.79 Å². The molecular weight excluding hydrogens is 282 g/mol. The fraction of sp³-hybridized carbons (Fsp3) is 0.154. The maximum atomic E-state index is 12.0. The Hall–Kier alpha value is -2.34. The zero-order chi connectivity index (χ0) is 14.5. The van der Waals surface area contributed by atoms with Crippen molar-refractivity contribution in [1.82, 2.24) is 10.2 Å². The van der Waals surface area contributed by atoms with Gasteiger partial charge in [-0.2, -0.15) is 0 Å². The van der Waals surface area contributed by atoms with Crippen LogP contribution in [0, 0.1) is 0 Å². The van der Waals surface area contributed by atoms with Gasteiger partial charge in [0, 0.05) is 11.1 Å². The Bertz CT molecular complexity index is 617. The third-order valence-electron chi connectivity index (χ3n) is 2.49. The Balaban J connectivity index is 2.20. The van der Waals surface area contributed by atoms with Crippen LogP contribution < -0.4 is 14.8 Å². The number of aromatic nitrogens is 2. The van der Waals surface area contributed by atoms with Crippen LogP contribution in [0.2, 0.25) is 5.02 Å². The molecule has 6 nitrogen and oxygen atoms in total. The predicted octanol–water partition coefficient (Wildman–Crippen LogP) is 2.40. The van der Waals surface area contributed by atoms with Crippen LogP contribution in [0.1, 0.15) is 10.5 Å². The second kappa shape index (κ2) is 6.21. The summed E-state index contributed by atoms with van der Waals surface area (Å²) in [5.41, 5.74) is 0.621. The molecule has 0 spiro atoms. The molecule has 0 aliphatic rings. The quantitative estimate of drug-likeness (QED) is 0.937. The molecule has 0 fully saturated rings. The molecule has 0 bridgehead atoms. The summed E-state index contributed by atoms with van der Waals surface area (Å²) in [6.45, 7) is 0. The molecule has 0 saturated heterocycles. The van der Waals surface area contributed by atoms with Gasteiger partial charge >= 0.3 is 0 Å². The van der Waals surface area contributed by atoms with E-state index in [4.69, 9.17) is 21.1 Å². The Morgan fingerprint density at radius 3 is 2.55 bits per heavy atom. The number of hydrogen-bond acceptors (Lipinski definition) is 5. The van der Waals surface area contributed by atoms with Crippen LogP contribution in [-0.2, 0) is 0 Å². The summed E-state index contributed by atoms with van der Waals surface area (Å²) < 4.78 is 10.0. The normalized spacial score (nSPS) is 9.95. The number of methoxy groups -OCH3 is 2. The van der Waals surface area contributed by atoms with E-state index >= 15 is 0 Å². The van der Waals surface area contributed by atoms with Gasteiger partial charge in [-0.1, -0.05) is 11.6 Å². The molecule has 1 aromatic heterocycles. The van der Waals surface area contributed by atoms with E-state index in [1.54, 1.807) is 24.3 Å². The number of rotatable bonds is 4. The van der Waals surface area contributed by atoms with E-state index in [2.05, 4.69) is 15.5 Å². The van der Waals surface area contributed by atoms with Crippen molar-refractivity contribution in [3.8, 4) is 11.6 Å². The van der Waals surface area contributed by atoms with Crippen LogP contribution in [0.15, 0.2) is 30.3 Å². The number of carbonyl (C=O) groups is 1. The molecule has 1 amide bonds. The smallest absolute Gasteiger partial charge is 0.276 e. The number of carbonyl (C=O) groups excluding carboxylic acids is 1. The average Bonchev–Trinajstić information content (AvgIpc) is 2.47. The molecule has 0 aliphatic heterocycles. The van der Waals surface area contributed by atoms with E-state index in [1.807, 2.05) is 0 Å². The van der Waals surface area contributed by atoms with E-state index in [0.717, 1.165) is 0 Å². The van der Waals surface area contributed by atoms with Crippen molar-refractivity contribution < 1.29 is 14.3 Å². The van der Waals surface area contributed by atoms with Crippen molar-refractivity contribution in [2.45, 2.75) is 0 Å². The lowest BCUT2D eigenvalue weighted by molar-refractivity contribution is 0.102. The molecule has 1 heterocycles. The van der Waals surface area contributed by atoms with Gasteiger partial charge in [0.15, 0.2) is 5.69 Å². The summed E-state index contributed by atoms with van der Waals surface area (Å²) in [5, 5.41) is 10.6. The van der Waals surface area contributed by atoms with E-state index in [-0.39, 0.29) is 5.69 Å². The number of nitrogens with zero attached hydrogens (tertiary/aromatic N) is 2. The zero-order valence-corrected chi connectivity index (χ0v) is 11.6. The monoisotopic (exact) mass is 293 g/mol. The van der Waals surface area contributed by atoms with Crippen LogP contribution in [0.3, 0.4) is 0 Å². The van der Waals surface area contributed by atoms with Gasteiger partial charge in [-0.05, 0) is 24.3 Å². The molecule has 104 valence electrons. The van der Waals surface area contributed by atoms with Crippen molar-refractivity contribution in [1.29, 1.82) is 0 Å². The van der Waals surface area contributed by atoms with Crippen LogP contribution in [0.5, 0.6) is 11.6 Å². The number of hydrogen-bond donors (Lipinski definition) is 1. The average molecular weight is 294 g/mol. The summed E-state index contributed by atoms with van der Waals surface area (Å²) in [6.07, 6.45) is 0. The fourth-order valence-electron chi connectivity index (χ4n) is 1.51. The van der Waals surface area contributed by atoms with Crippen molar-refractivity contribution in [2.24, 2.45) is 0 Å². The highest BCUT2D eigenvalue weighted by atomic mass is 35.5. The van der Waals surface area contributed by atoms with E-state index < -0.39 is 5.91 Å². The highest BCUT2D eigenvalue weighted by molar-refractivity contribution is 6.31. The van der Waals surface area contributed by atoms with Gasteiger partial charge in [-0.15, -0.1) is 10.2 Å². The first kappa shape index (κ1) is 14.1. The van der Waals surface area contributed by atoms with Crippen molar-refractivity contribution in [3.63, 3.8) is 0 Å². The first-order valence-corrected chi connectivity index (χ1v) is 6.04. The molecule has 1 N–H and O–H groups in total. The zero-order valence-electron chi connectivity index (χ0n) is 10.9. The van der Waals surface area contributed by atoms with E-state index in [0.29, 0.717) is 22.3 Å². The first-order valence-electron chi connectivity index (χ1n) is 5.66. The molecule has 0 aliphatic carbocycles. The molecule has 0 unspecified atom stereocenters. The second-order valence-corrected chi connectivity index (χ2v) is 4.20. The summed E-state index contributed by atoms with van der Waals surface area (Å²) in [7, 11) is 2.98. The van der Waals surface area contributed by atoms with Crippen LogP contribution in [-0.4, -0.2) is 30.3 Å². The molecule has 2 aromatic rings. The van der Waals surface area contributed by atoms with Crippen LogP contribution in [0.25, 0.3) is 0 Å². The second-order valence-electron chi connectivity index (χ2n) is 3.76. The van der Waals surface area contributed by atoms with Gasteiger partial charge in [0.25, 0.3) is 5.91 Å². The van der Waals surface area contributed by atoms with Gasteiger partial charge in [0.2, 0.25) is 5.88 Å². The third kappa shape index (κ3) is 3.16. The van der Waals surface area contributed by atoms with Gasteiger partial charge in [0.05, 0.1) is 19.9 Å². The van der Waals surface area contributed by atoms with Crippen molar-refractivity contribution >= 4 is 23.2 Å². The molecule has 7 heteroatoms. The summed E-state index contributed by atoms with van der Waals surface area (Å²) in [6, 6.07) is 7.99. The number of halogens is 1. The SMILES string of the molecule is COc1ccc(C(=O)Nc2cc(Cl)ccc2OC)nn1. The maximum Gasteiger partial charge on any atom is 0.276 e. The minimum atomic E-state index is -0.416. The standard InChI is InChI=1S/C13H12ClN3O3/c1-19-11-5-3-8(14)7-10(11)15-13(18)9-4-6-12(20-2)17-16-9/h3-7H,1-2H3,(H,15,18). The van der Waals surface area contributed by atoms with Crippen molar-refractivity contribution in [3.05, 3.63) is 41.0 Å². The highest BCUT2D eigenvalue weighted by Crippen LogP contribution is 2.27. The molecule has 0 radical (unpaired) electrons. The van der Waals surface area contributed by atoms with E-state index in [9.17, 15) is 4.79 Å². The molecule has 0 saturated carbocycles. The Labute approximate surface area is 120 Å². The minimum absolute atomic E-state index is 0.160. The summed E-state index contributed by atoms with van der Waals surface area (Å²) in [4.78, 5) is 12.0. The number of anilines is 1. The topological polar surface area (TPSA) is 73.3 Å². The number of amides is 1. The Kier molecular flexibility index (Phi) is 4.37. The maximum absolute atomic E-state index is 12.0. The first-order chi connectivity index (χ1) is 9.63. The number of ether oxygens (including phenoxy) is 2. The molecule has 2 rings (SSSR count). The van der Waals surface area contributed by atoms with Gasteiger partial charge < -0.3 is 14.8 Å². The molecule has 20 heavy (non-hydrogen) atoms. The number of benzene rings is 1. The fourth-order valence-corrected chi connectivity index (χ4v) is 1.69. The number of nitrogens with one attached hydrogen (secondary N) is 1. The Morgan fingerprint density at radius 1 is 1.15 bits per heavy atom. The molecular formula is C13H12ClN3O3.